The Bertz CT molecular complexity index is 683. The van der Waals surface area contributed by atoms with Crippen molar-refractivity contribution < 1.29 is 4.74 Å². The minimum absolute atomic E-state index is 0.271. The maximum Gasteiger partial charge on any atom is 0.145 e. The van der Waals surface area contributed by atoms with Crippen LogP contribution in [0.25, 0.3) is 10.9 Å². The normalized spacial score (nSPS) is 25.5. The minimum Gasteiger partial charge on any atom is -0.494 e. The third-order valence-corrected chi connectivity index (χ3v) is 5.07. The fraction of sp³-hybridized carbons (Fsp3) is 0.500. The molecule has 1 aliphatic heterocycles. The van der Waals surface area contributed by atoms with Gasteiger partial charge in [-0.05, 0) is 55.4 Å². The first-order valence-electron chi connectivity index (χ1n) is 8.18. The van der Waals surface area contributed by atoms with Crippen molar-refractivity contribution in [2.75, 3.05) is 25.1 Å². The second-order valence-electron chi connectivity index (χ2n) is 6.68. The van der Waals surface area contributed by atoms with E-state index in [0.717, 1.165) is 41.6 Å². The summed E-state index contributed by atoms with van der Waals surface area (Å²) >= 11 is 0. The van der Waals surface area contributed by atoms with Gasteiger partial charge in [0.05, 0.1) is 7.11 Å². The molecule has 1 saturated heterocycles. The third kappa shape index (κ3) is 2.41. The molecule has 4 nitrogen and oxygen atoms in total. The smallest absolute Gasteiger partial charge is 0.145 e. The van der Waals surface area contributed by atoms with Crippen LogP contribution in [-0.2, 0) is 0 Å². The van der Waals surface area contributed by atoms with Crippen LogP contribution in [0.2, 0.25) is 0 Å². The molecule has 116 valence electrons. The van der Waals surface area contributed by atoms with E-state index in [-0.39, 0.29) is 6.04 Å². The minimum atomic E-state index is 0.271. The summed E-state index contributed by atoms with van der Waals surface area (Å²) in [4.78, 5) is 6.97. The molecule has 0 bridgehead atoms. The van der Waals surface area contributed by atoms with Gasteiger partial charge in [0, 0.05) is 36.4 Å². The van der Waals surface area contributed by atoms with Crippen LogP contribution in [0, 0.1) is 11.8 Å². The fourth-order valence-electron chi connectivity index (χ4n) is 3.86. The summed E-state index contributed by atoms with van der Waals surface area (Å²) in [5, 5.41) is 1.16. The Morgan fingerprint density at radius 3 is 2.82 bits per heavy atom. The second-order valence-corrected chi connectivity index (χ2v) is 6.68. The van der Waals surface area contributed by atoms with Gasteiger partial charge in [-0.1, -0.05) is 0 Å². The molecule has 2 atom stereocenters. The maximum absolute atomic E-state index is 6.34. The summed E-state index contributed by atoms with van der Waals surface area (Å²) in [6, 6.07) is 8.58. The van der Waals surface area contributed by atoms with Crippen molar-refractivity contribution in [3.63, 3.8) is 0 Å². The molecule has 1 saturated carbocycles. The van der Waals surface area contributed by atoms with E-state index in [2.05, 4.69) is 22.0 Å². The molecule has 4 rings (SSSR count). The van der Waals surface area contributed by atoms with Gasteiger partial charge in [0.25, 0.3) is 0 Å². The number of hydrogen-bond donors (Lipinski definition) is 1. The van der Waals surface area contributed by atoms with Crippen LogP contribution in [0.5, 0.6) is 5.75 Å². The topological polar surface area (TPSA) is 51.4 Å². The zero-order valence-corrected chi connectivity index (χ0v) is 13.0. The van der Waals surface area contributed by atoms with Crippen molar-refractivity contribution in [1.82, 2.24) is 4.98 Å². The first-order chi connectivity index (χ1) is 10.8. The Balaban J connectivity index is 1.73. The van der Waals surface area contributed by atoms with Crippen LogP contribution < -0.4 is 15.4 Å². The van der Waals surface area contributed by atoms with Crippen molar-refractivity contribution in [3.8, 4) is 5.75 Å². The summed E-state index contributed by atoms with van der Waals surface area (Å²) < 4.78 is 5.45. The van der Waals surface area contributed by atoms with Gasteiger partial charge >= 0.3 is 0 Å². The highest BCUT2D eigenvalue weighted by Crippen LogP contribution is 2.42. The standard InChI is InChI=1S/C18H23N3O/c1-22-17-7-6-16(15-3-2-8-20-18(15)17)21-10-13(12-4-5-12)9-14(19)11-21/h2-3,6-8,12-14H,4-5,9-11,19H2,1H3/t13-,14+/m1/s1. The number of piperidine rings is 1. The van der Waals surface area contributed by atoms with Gasteiger partial charge in [-0.25, -0.2) is 0 Å². The zero-order chi connectivity index (χ0) is 15.1. The monoisotopic (exact) mass is 297 g/mol. The van der Waals surface area contributed by atoms with E-state index in [4.69, 9.17) is 10.5 Å². The summed E-state index contributed by atoms with van der Waals surface area (Å²) in [6.45, 7) is 2.05. The van der Waals surface area contributed by atoms with E-state index in [1.165, 1.54) is 24.9 Å². The highest BCUT2D eigenvalue weighted by molar-refractivity contribution is 5.95. The van der Waals surface area contributed by atoms with Crippen LogP contribution >= 0.6 is 0 Å². The number of benzene rings is 1. The molecule has 2 fully saturated rings. The Morgan fingerprint density at radius 2 is 2.05 bits per heavy atom. The Kier molecular flexibility index (Phi) is 3.41. The van der Waals surface area contributed by atoms with E-state index in [9.17, 15) is 0 Å². The summed E-state index contributed by atoms with van der Waals surface area (Å²) in [5.41, 5.74) is 8.51. The number of aromatic nitrogens is 1. The molecule has 2 aliphatic rings. The fourth-order valence-corrected chi connectivity index (χ4v) is 3.86. The number of nitrogens with two attached hydrogens (primary N) is 1. The molecule has 1 aromatic heterocycles. The van der Waals surface area contributed by atoms with Gasteiger partial charge in [-0.15, -0.1) is 0 Å². The number of rotatable bonds is 3. The number of methoxy groups -OCH3 is 1. The van der Waals surface area contributed by atoms with Crippen LogP contribution in [0.15, 0.2) is 30.5 Å². The number of fused-ring (bicyclic) bond motifs is 1. The predicted molar refractivity (Wildman–Crippen MR) is 89.3 cm³/mol. The van der Waals surface area contributed by atoms with Crippen molar-refractivity contribution in [2.45, 2.75) is 25.3 Å². The van der Waals surface area contributed by atoms with Crippen LogP contribution in [0.1, 0.15) is 19.3 Å². The Labute approximate surface area is 131 Å². The molecule has 0 amide bonds. The van der Waals surface area contributed by atoms with E-state index in [0.29, 0.717) is 0 Å². The quantitative estimate of drug-likeness (QED) is 0.946. The van der Waals surface area contributed by atoms with Gasteiger partial charge in [-0.3, -0.25) is 4.98 Å². The largest absolute Gasteiger partial charge is 0.494 e. The maximum atomic E-state index is 6.34. The highest BCUT2D eigenvalue weighted by atomic mass is 16.5. The molecule has 2 aromatic rings. The number of hydrogen-bond acceptors (Lipinski definition) is 4. The molecule has 0 spiro atoms. The first-order valence-corrected chi connectivity index (χ1v) is 8.18. The third-order valence-electron chi connectivity index (χ3n) is 5.07. The van der Waals surface area contributed by atoms with Gasteiger partial charge in [-0.2, -0.15) is 0 Å². The number of ether oxygens (including phenoxy) is 1. The van der Waals surface area contributed by atoms with Gasteiger partial charge in [0.1, 0.15) is 11.3 Å². The van der Waals surface area contributed by atoms with Crippen molar-refractivity contribution in [3.05, 3.63) is 30.5 Å². The van der Waals surface area contributed by atoms with Gasteiger partial charge < -0.3 is 15.4 Å². The summed E-state index contributed by atoms with van der Waals surface area (Å²) in [6.07, 6.45) is 5.77. The van der Waals surface area contributed by atoms with E-state index >= 15 is 0 Å². The van der Waals surface area contributed by atoms with Crippen molar-refractivity contribution in [1.29, 1.82) is 0 Å². The lowest BCUT2D eigenvalue weighted by atomic mass is 9.90. The molecule has 0 radical (unpaired) electrons. The molecule has 1 aliphatic carbocycles. The molecule has 22 heavy (non-hydrogen) atoms. The van der Waals surface area contributed by atoms with Crippen molar-refractivity contribution in [2.24, 2.45) is 17.6 Å². The molecular formula is C18H23N3O. The highest BCUT2D eigenvalue weighted by Gasteiger charge is 2.36. The predicted octanol–water partition coefficient (Wildman–Crippen LogP) is 2.81. The van der Waals surface area contributed by atoms with E-state index in [1.807, 2.05) is 18.3 Å². The number of anilines is 1. The van der Waals surface area contributed by atoms with Gasteiger partial charge in [0.2, 0.25) is 0 Å². The lowest BCUT2D eigenvalue weighted by molar-refractivity contribution is 0.342. The second kappa shape index (κ2) is 5.43. The van der Waals surface area contributed by atoms with Crippen LogP contribution in [0.4, 0.5) is 5.69 Å². The number of nitrogens with zero attached hydrogens (tertiary/aromatic N) is 2. The van der Waals surface area contributed by atoms with Crippen LogP contribution in [-0.4, -0.2) is 31.2 Å². The van der Waals surface area contributed by atoms with Crippen molar-refractivity contribution >= 4 is 16.6 Å². The van der Waals surface area contributed by atoms with Gasteiger partial charge in [0.15, 0.2) is 0 Å². The Hall–Kier alpha value is -1.81. The molecular weight excluding hydrogens is 274 g/mol. The summed E-state index contributed by atoms with van der Waals surface area (Å²) in [5.74, 6) is 2.48. The summed E-state index contributed by atoms with van der Waals surface area (Å²) in [7, 11) is 1.70. The Morgan fingerprint density at radius 1 is 1.18 bits per heavy atom. The number of pyridine rings is 1. The zero-order valence-electron chi connectivity index (χ0n) is 13.0. The first kappa shape index (κ1) is 13.8. The SMILES string of the molecule is COc1ccc(N2C[C@@H](N)C[C@@H](C3CC3)C2)c2cccnc12. The molecule has 2 heterocycles. The van der Waals surface area contributed by atoms with Crippen LogP contribution in [0.3, 0.4) is 0 Å². The average molecular weight is 297 g/mol. The molecule has 2 N–H and O–H groups in total. The van der Waals surface area contributed by atoms with E-state index in [1.54, 1.807) is 7.11 Å². The molecule has 4 heteroatoms. The molecule has 0 unspecified atom stereocenters. The average Bonchev–Trinajstić information content (AvgIpc) is 3.38. The lowest BCUT2D eigenvalue weighted by Crippen LogP contribution is -2.47. The van der Waals surface area contributed by atoms with E-state index < -0.39 is 0 Å². The molecule has 1 aromatic carbocycles. The lowest BCUT2D eigenvalue weighted by Gasteiger charge is -2.38.